The zero-order valence-electron chi connectivity index (χ0n) is 6.28. The van der Waals surface area contributed by atoms with Gasteiger partial charge < -0.3 is 5.10 Å². The van der Waals surface area contributed by atoms with Crippen LogP contribution in [0.4, 0.5) is 0 Å². The number of aromatic nitrogens is 4. The topological polar surface area (TPSA) is 52.8 Å². The Balaban J connectivity index is 2.53. The van der Waals surface area contributed by atoms with E-state index in [1.807, 2.05) is 0 Å². The summed E-state index contributed by atoms with van der Waals surface area (Å²) in [7, 11) is 0. The smallest absolute Gasteiger partial charge is 0.0427 e. The highest BCUT2D eigenvalue weighted by molar-refractivity contribution is 6.35. The monoisotopic (exact) mass is 213 g/mol. The number of benzene rings is 1. The van der Waals surface area contributed by atoms with E-state index in [1.54, 1.807) is 18.2 Å². The maximum atomic E-state index is 5.79. The van der Waals surface area contributed by atoms with E-state index in [0.29, 0.717) is 21.4 Å². The normalized spacial score (nSPS) is 10.3. The second-order valence-electron chi connectivity index (χ2n) is 2.36. The first-order chi connectivity index (χ1) is 6.25. The van der Waals surface area contributed by atoms with Gasteiger partial charge in [0.1, 0.15) is 0 Å². The van der Waals surface area contributed by atoms with Crippen LogP contribution in [0.25, 0.3) is 11.4 Å². The Kier molecular flexibility index (Phi) is 2.16. The molecule has 0 spiro atoms. The van der Waals surface area contributed by atoms with Gasteiger partial charge in [-0.15, -0.1) is 0 Å². The lowest BCUT2D eigenvalue weighted by Crippen LogP contribution is -1.83. The molecular formula is C7H3Cl2N4-. The minimum absolute atomic E-state index is 0.421. The van der Waals surface area contributed by atoms with E-state index < -0.39 is 0 Å². The standard InChI is InChI=1S/C7H3Cl2N4/c8-5-1-4(2-6(9)3-5)7-10-12-13-11-7/h1-3H/q-1. The minimum Gasteiger partial charge on any atom is -0.330 e. The van der Waals surface area contributed by atoms with Gasteiger partial charge in [0, 0.05) is 15.9 Å². The highest BCUT2D eigenvalue weighted by atomic mass is 35.5. The number of tetrazole rings is 1. The molecule has 0 saturated carbocycles. The molecule has 4 nitrogen and oxygen atoms in total. The summed E-state index contributed by atoms with van der Waals surface area (Å²) in [6, 6.07) is 5.04. The summed E-state index contributed by atoms with van der Waals surface area (Å²) in [6.07, 6.45) is 0. The lowest BCUT2D eigenvalue weighted by atomic mass is 10.2. The molecule has 0 amide bonds. The summed E-state index contributed by atoms with van der Waals surface area (Å²) in [5.41, 5.74) is 0.711. The van der Waals surface area contributed by atoms with Crippen LogP contribution in [0.3, 0.4) is 0 Å². The van der Waals surface area contributed by atoms with E-state index in [0.717, 1.165) is 0 Å². The van der Waals surface area contributed by atoms with Crippen molar-refractivity contribution in [3.8, 4) is 11.4 Å². The number of nitrogens with zero attached hydrogens (tertiary/aromatic N) is 4. The van der Waals surface area contributed by atoms with Crippen LogP contribution in [0, 0.1) is 0 Å². The molecule has 1 aromatic heterocycles. The van der Waals surface area contributed by atoms with Gasteiger partial charge in [0.25, 0.3) is 0 Å². The summed E-state index contributed by atoms with van der Waals surface area (Å²) < 4.78 is 0. The maximum absolute atomic E-state index is 5.79. The predicted octanol–water partition coefficient (Wildman–Crippen LogP) is 1.80. The van der Waals surface area contributed by atoms with Crippen LogP contribution in [0.2, 0.25) is 10.0 Å². The highest BCUT2D eigenvalue weighted by Gasteiger charge is 1.98. The molecule has 2 aromatic rings. The molecule has 1 heterocycles. The van der Waals surface area contributed by atoms with Crippen LogP contribution >= 0.6 is 23.2 Å². The fourth-order valence-electron chi connectivity index (χ4n) is 0.943. The minimum atomic E-state index is 0.421. The quantitative estimate of drug-likeness (QED) is 0.726. The molecule has 1 aromatic carbocycles. The van der Waals surface area contributed by atoms with Crippen molar-refractivity contribution < 1.29 is 0 Å². The van der Waals surface area contributed by atoms with Crippen LogP contribution in [-0.4, -0.2) is 15.5 Å². The van der Waals surface area contributed by atoms with Crippen LogP contribution in [0.1, 0.15) is 0 Å². The third-order valence-corrected chi connectivity index (χ3v) is 1.88. The Morgan fingerprint density at radius 1 is 1.08 bits per heavy atom. The van der Waals surface area contributed by atoms with Crippen molar-refractivity contribution in [2.24, 2.45) is 0 Å². The fourth-order valence-corrected chi connectivity index (χ4v) is 1.47. The molecule has 0 bridgehead atoms. The fraction of sp³-hybridized carbons (Fsp3) is 0. The predicted molar refractivity (Wildman–Crippen MR) is 48.6 cm³/mol. The van der Waals surface area contributed by atoms with Crippen molar-refractivity contribution in [1.29, 1.82) is 0 Å². The highest BCUT2D eigenvalue weighted by Crippen LogP contribution is 2.23. The Hall–Kier alpha value is -1.13. The van der Waals surface area contributed by atoms with Crippen LogP contribution in [-0.2, 0) is 0 Å². The first kappa shape index (κ1) is 8.47. The summed E-state index contributed by atoms with van der Waals surface area (Å²) in [4.78, 5) is 0. The van der Waals surface area contributed by atoms with Crippen molar-refractivity contribution in [2.75, 3.05) is 0 Å². The lowest BCUT2D eigenvalue weighted by molar-refractivity contribution is 0.871. The third kappa shape index (κ3) is 1.79. The first-order valence-corrected chi connectivity index (χ1v) is 4.16. The third-order valence-electron chi connectivity index (χ3n) is 1.44. The van der Waals surface area contributed by atoms with Gasteiger partial charge in [-0.3, -0.25) is 10.3 Å². The van der Waals surface area contributed by atoms with Gasteiger partial charge >= 0.3 is 0 Å². The molecule has 0 saturated heterocycles. The van der Waals surface area contributed by atoms with Crippen molar-refractivity contribution in [3.63, 3.8) is 0 Å². The molecule has 0 fully saturated rings. The zero-order valence-corrected chi connectivity index (χ0v) is 7.79. The van der Waals surface area contributed by atoms with E-state index in [1.165, 1.54) is 0 Å². The summed E-state index contributed by atoms with van der Waals surface area (Å²) in [5, 5.41) is 15.1. The summed E-state index contributed by atoms with van der Waals surface area (Å²) in [5.74, 6) is 0.421. The molecule has 13 heavy (non-hydrogen) atoms. The number of hydrogen-bond acceptors (Lipinski definition) is 3. The molecule has 0 aliphatic carbocycles. The molecule has 0 N–H and O–H groups in total. The van der Waals surface area contributed by atoms with Crippen molar-refractivity contribution >= 4 is 23.2 Å². The molecule has 66 valence electrons. The Morgan fingerprint density at radius 2 is 1.77 bits per heavy atom. The van der Waals surface area contributed by atoms with E-state index in [4.69, 9.17) is 23.2 Å². The number of rotatable bonds is 1. The average Bonchev–Trinajstić information content (AvgIpc) is 2.53. The Labute approximate surface area is 83.9 Å². The Morgan fingerprint density at radius 3 is 2.31 bits per heavy atom. The van der Waals surface area contributed by atoms with E-state index in [-0.39, 0.29) is 0 Å². The largest absolute Gasteiger partial charge is 0.330 e. The molecule has 0 radical (unpaired) electrons. The van der Waals surface area contributed by atoms with Crippen LogP contribution in [0.15, 0.2) is 18.2 Å². The van der Waals surface area contributed by atoms with E-state index in [2.05, 4.69) is 20.6 Å². The molecule has 2 rings (SSSR count). The van der Waals surface area contributed by atoms with Gasteiger partial charge in [0.05, 0.1) is 0 Å². The average molecular weight is 214 g/mol. The molecule has 0 atom stereocenters. The summed E-state index contributed by atoms with van der Waals surface area (Å²) in [6.45, 7) is 0. The maximum Gasteiger partial charge on any atom is 0.0427 e. The van der Waals surface area contributed by atoms with Gasteiger partial charge in [-0.1, -0.05) is 23.2 Å². The van der Waals surface area contributed by atoms with Crippen LogP contribution in [0.5, 0.6) is 0 Å². The van der Waals surface area contributed by atoms with Gasteiger partial charge in [0.15, 0.2) is 0 Å². The number of halogens is 2. The van der Waals surface area contributed by atoms with Crippen molar-refractivity contribution in [2.45, 2.75) is 0 Å². The van der Waals surface area contributed by atoms with Crippen LogP contribution < -0.4 is 5.10 Å². The molecule has 0 unspecified atom stereocenters. The second kappa shape index (κ2) is 3.32. The zero-order chi connectivity index (χ0) is 9.26. The van der Waals surface area contributed by atoms with Crippen molar-refractivity contribution in [3.05, 3.63) is 28.2 Å². The summed E-state index contributed by atoms with van der Waals surface area (Å²) >= 11 is 11.6. The molecular weight excluding hydrogens is 211 g/mol. The van der Waals surface area contributed by atoms with E-state index in [9.17, 15) is 0 Å². The first-order valence-electron chi connectivity index (χ1n) is 3.41. The number of hydrogen-bond donors (Lipinski definition) is 0. The Bertz CT molecular complexity index is 392. The van der Waals surface area contributed by atoms with Gasteiger partial charge in [0.2, 0.25) is 0 Å². The van der Waals surface area contributed by atoms with E-state index >= 15 is 0 Å². The second-order valence-corrected chi connectivity index (χ2v) is 3.23. The van der Waals surface area contributed by atoms with Gasteiger partial charge in [-0.05, 0) is 23.8 Å². The van der Waals surface area contributed by atoms with Gasteiger partial charge in [-0.2, -0.15) is 5.21 Å². The molecule has 0 aliphatic heterocycles. The van der Waals surface area contributed by atoms with Crippen molar-refractivity contribution in [1.82, 2.24) is 20.6 Å². The molecule has 0 aliphatic rings. The SMILES string of the molecule is Clc1cc(Cl)cc(-c2nnn[n-]2)c1. The van der Waals surface area contributed by atoms with Gasteiger partial charge in [-0.25, -0.2) is 0 Å². The molecule has 6 heteroatoms. The lowest BCUT2D eigenvalue weighted by Gasteiger charge is -2.01.